The van der Waals surface area contributed by atoms with Crippen LogP contribution < -0.4 is 11.5 Å². The molecule has 0 unspecified atom stereocenters. The molecule has 24 heavy (non-hydrogen) atoms. The minimum atomic E-state index is -3.01. The van der Waals surface area contributed by atoms with Crippen molar-refractivity contribution in [2.24, 2.45) is 11.5 Å². The molecule has 0 bridgehead atoms. The van der Waals surface area contributed by atoms with Crippen LogP contribution in [0.15, 0.2) is 36.4 Å². The van der Waals surface area contributed by atoms with Crippen LogP contribution in [0.25, 0.3) is 16.6 Å². The predicted octanol–water partition coefficient (Wildman–Crippen LogP) is 2.58. The molecule has 2 aromatic rings. The van der Waals surface area contributed by atoms with E-state index in [1.807, 2.05) is 4.57 Å². The summed E-state index contributed by atoms with van der Waals surface area (Å²) in [4.78, 5) is 4.51. The highest BCUT2D eigenvalue weighted by Crippen LogP contribution is 2.40. The lowest BCUT2D eigenvalue weighted by Crippen LogP contribution is -2.09. The van der Waals surface area contributed by atoms with Crippen LogP contribution in [-0.4, -0.2) is 16.2 Å². The van der Waals surface area contributed by atoms with E-state index in [0.29, 0.717) is 22.5 Å². The molecule has 6 nitrogen and oxygen atoms in total. The molecule has 0 amide bonds. The van der Waals surface area contributed by atoms with Crippen LogP contribution in [-0.2, 0) is 4.74 Å². The molecule has 1 aromatic heterocycles. The number of imidazole rings is 1. The zero-order valence-electron chi connectivity index (χ0n) is 12.6. The molecule has 0 radical (unpaired) electrons. The fraction of sp³-hybridized carbons (Fsp3) is 0.250. The average molecular weight is 331 g/mol. The number of ether oxygens (including phenoxy) is 1. The number of nitrogens with zero attached hydrogens (tertiary/aromatic N) is 3. The van der Waals surface area contributed by atoms with E-state index in [1.54, 1.807) is 18.2 Å². The summed E-state index contributed by atoms with van der Waals surface area (Å²) >= 11 is 0. The first-order chi connectivity index (χ1) is 11.5. The summed E-state index contributed by atoms with van der Waals surface area (Å²) < 4.78 is 30.6. The summed E-state index contributed by atoms with van der Waals surface area (Å²) in [5.41, 5.74) is 13.5. The number of hydrogen-bond donors (Lipinski definition) is 2. The maximum absolute atomic E-state index is 12.3. The zero-order chi connectivity index (χ0) is 17.3. The lowest BCUT2D eigenvalue weighted by molar-refractivity contribution is -0.0967. The van der Waals surface area contributed by atoms with Crippen LogP contribution in [0.5, 0.6) is 0 Å². The van der Waals surface area contributed by atoms with Crippen molar-refractivity contribution in [3.05, 3.63) is 47.7 Å². The Morgan fingerprint density at radius 3 is 2.79 bits per heavy atom. The molecular formula is C16H15F2N5O. The van der Waals surface area contributed by atoms with Gasteiger partial charge in [0.2, 0.25) is 0 Å². The topological polar surface area (TPSA) is 103 Å². The van der Waals surface area contributed by atoms with Gasteiger partial charge in [0, 0.05) is 23.9 Å². The Hall–Kier alpha value is -3.08. The normalized spacial score (nSPS) is 15.8. The maximum Gasteiger partial charge on any atom is 0.388 e. The van der Waals surface area contributed by atoms with Crippen molar-refractivity contribution in [1.29, 1.82) is 5.26 Å². The van der Waals surface area contributed by atoms with Gasteiger partial charge in [-0.2, -0.15) is 14.0 Å². The molecule has 1 heterocycles. The van der Waals surface area contributed by atoms with Gasteiger partial charge in [0.1, 0.15) is 5.82 Å². The van der Waals surface area contributed by atoms with Crippen LogP contribution in [0.4, 0.5) is 8.78 Å². The standard InChI is InChI=1S/C16H15F2N5O/c17-16(18)24-14(21)6-10(8-20)15-22-12-4-1-9(7-19)5-13(12)23(15)11-2-3-11/h1,4-6,8,11,16H,2-3,20-21H2/b10-8+,14-6+. The Morgan fingerprint density at radius 1 is 1.46 bits per heavy atom. The van der Waals surface area contributed by atoms with E-state index >= 15 is 0 Å². The van der Waals surface area contributed by atoms with Gasteiger partial charge in [-0.05, 0) is 31.0 Å². The van der Waals surface area contributed by atoms with E-state index in [-0.39, 0.29) is 6.04 Å². The Balaban J connectivity index is 2.11. The van der Waals surface area contributed by atoms with Crippen LogP contribution in [0.1, 0.15) is 30.3 Å². The molecule has 1 saturated carbocycles. The van der Waals surface area contributed by atoms with E-state index in [0.717, 1.165) is 18.4 Å². The Labute approximate surface area is 136 Å². The molecule has 0 saturated heterocycles. The fourth-order valence-electron chi connectivity index (χ4n) is 2.55. The molecule has 0 aliphatic heterocycles. The molecule has 1 fully saturated rings. The summed E-state index contributed by atoms with van der Waals surface area (Å²) in [5.74, 6) is 0.0553. The molecule has 1 aromatic carbocycles. The predicted molar refractivity (Wildman–Crippen MR) is 84.2 cm³/mol. The molecule has 1 aliphatic rings. The number of benzene rings is 1. The first-order valence-electron chi connectivity index (χ1n) is 7.30. The summed E-state index contributed by atoms with van der Waals surface area (Å²) in [6, 6.07) is 7.50. The number of hydrogen-bond acceptors (Lipinski definition) is 5. The first-order valence-corrected chi connectivity index (χ1v) is 7.30. The summed E-state index contributed by atoms with van der Waals surface area (Å²) in [6.45, 7) is -3.01. The first kappa shape index (κ1) is 15.8. The van der Waals surface area contributed by atoms with Crippen molar-refractivity contribution in [3.8, 4) is 6.07 Å². The van der Waals surface area contributed by atoms with E-state index in [9.17, 15) is 8.78 Å². The molecule has 0 atom stereocenters. The van der Waals surface area contributed by atoms with Crippen molar-refractivity contribution < 1.29 is 13.5 Å². The van der Waals surface area contributed by atoms with E-state index in [4.69, 9.17) is 16.7 Å². The largest absolute Gasteiger partial charge is 0.420 e. The van der Waals surface area contributed by atoms with E-state index in [2.05, 4.69) is 15.8 Å². The number of nitrogens with two attached hydrogens (primary N) is 2. The van der Waals surface area contributed by atoms with Crippen molar-refractivity contribution >= 4 is 16.6 Å². The van der Waals surface area contributed by atoms with Gasteiger partial charge in [0.25, 0.3) is 0 Å². The minimum absolute atomic E-state index is 0.236. The van der Waals surface area contributed by atoms with Crippen LogP contribution in [0, 0.1) is 11.3 Å². The maximum atomic E-state index is 12.3. The molecule has 1 aliphatic carbocycles. The molecule has 8 heteroatoms. The number of rotatable bonds is 5. The summed E-state index contributed by atoms with van der Waals surface area (Å²) in [7, 11) is 0. The van der Waals surface area contributed by atoms with E-state index < -0.39 is 12.5 Å². The van der Waals surface area contributed by atoms with Crippen LogP contribution in [0.3, 0.4) is 0 Å². The van der Waals surface area contributed by atoms with Crippen molar-refractivity contribution in [3.63, 3.8) is 0 Å². The van der Waals surface area contributed by atoms with Gasteiger partial charge < -0.3 is 20.8 Å². The molecule has 3 rings (SSSR count). The Kier molecular flexibility index (Phi) is 4.08. The average Bonchev–Trinajstić information content (AvgIpc) is 3.31. The highest BCUT2D eigenvalue weighted by Gasteiger charge is 2.29. The van der Waals surface area contributed by atoms with Gasteiger partial charge in [-0.3, -0.25) is 0 Å². The smallest absolute Gasteiger partial charge is 0.388 e. The minimum Gasteiger partial charge on any atom is -0.420 e. The molecule has 124 valence electrons. The summed E-state index contributed by atoms with van der Waals surface area (Å²) in [5, 5.41) is 9.08. The Bertz CT molecular complexity index is 874. The van der Waals surface area contributed by atoms with Gasteiger partial charge in [0.05, 0.1) is 22.7 Å². The molecular weight excluding hydrogens is 316 g/mol. The highest BCUT2D eigenvalue weighted by atomic mass is 19.3. The van der Waals surface area contributed by atoms with Crippen LogP contribution >= 0.6 is 0 Å². The molecule has 4 N–H and O–H groups in total. The number of nitriles is 1. The number of halogens is 2. The van der Waals surface area contributed by atoms with Crippen LogP contribution in [0.2, 0.25) is 0 Å². The second-order valence-corrected chi connectivity index (χ2v) is 5.40. The number of aromatic nitrogens is 2. The third kappa shape index (κ3) is 3.01. The lowest BCUT2D eigenvalue weighted by Gasteiger charge is -2.09. The number of allylic oxidation sites excluding steroid dienone is 2. The SMILES string of the molecule is N#Cc1ccc2nc(C(/C=C(\N)OC(F)F)=C/N)n(C3CC3)c2c1. The van der Waals surface area contributed by atoms with Crippen molar-refractivity contribution in [2.75, 3.05) is 0 Å². The third-order valence-electron chi connectivity index (χ3n) is 3.69. The van der Waals surface area contributed by atoms with Gasteiger partial charge in [-0.15, -0.1) is 0 Å². The van der Waals surface area contributed by atoms with Gasteiger partial charge in [-0.25, -0.2) is 4.98 Å². The fourth-order valence-corrected chi connectivity index (χ4v) is 2.55. The zero-order valence-corrected chi connectivity index (χ0v) is 12.6. The van der Waals surface area contributed by atoms with Gasteiger partial charge in [-0.1, -0.05) is 0 Å². The lowest BCUT2D eigenvalue weighted by atomic mass is 10.2. The molecule has 0 spiro atoms. The van der Waals surface area contributed by atoms with Crippen molar-refractivity contribution in [2.45, 2.75) is 25.5 Å². The quantitative estimate of drug-likeness (QED) is 0.647. The monoisotopic (exact) mass is 331 g/mol. The van der Waals surface area contributed by atoms with Gasteiger partial charge >= 0.3 is 6.61 Å². The van der Waals surface area contributed by atoms with Crippen molar-refractivity contribution in [1.82, 2.24) is 9.55 Å². The second-order valence-electron chi connectivity index (χ2n) is 5.40. The third-order valence-corrected chi connectivity index (χ3v) is 3.69. The highest BCUT2D eigenvalue weighted by molar-refractivity contribution is 5.83. The Morgan fingerprint density at radius 2 is 2.21 bits per heavy atom. The summed E-state index contributed by atoms with van der Waals surface area (Å²) in [6.07, 6.45) is 4.41. The van der Waals surface area contributed by atoms with E-state index in [1.165, 1.54) is 12.3 Å². The number of alkyl halides is 2. The number of fused-ring (bicyclic) bond motifs is 1. The van der Waals surface area contributed by atoms with Gasteiger partial charge in [0.15, 0.2) is 5.88 Å². The second kappa shape index (κ2) is 6.20.